The molecule has 7 heteroatoms. The maximum Gasteiger partial charge on any atom is 0.354 e. The molecular weight excluding hydrogens is 342 g/mol. The molecule has 0 amide bonds. The average Bonchev–Trinajstić information content (AvgIpc) is 2.71. The van der Waals surface area contributed by atoms with Crippen molar-refractivity contribution in [1.29, 1.82) is 0 Å². The molecule has 0 bridgehead atoms. The zero-order valence-electron chi connectivity index (χ0n) is 15.3. The number of para-hydroxylation sites is 2. The summed E-state index contributed by atoms with van der Waals surface area (Å²) in [5.74, 6) is 0.571. The van der Waals surface area contributed by atoms with Gasteiger partial charge in [-0.25, -0.2) is 9.97 Å². The van der Waals surface area contributed by atoms with Crippen LogP contribution in [0.2, 0.25) is 0 Å². The summed E-state index contributed by atoms with van der Waals surface area (Å²) in [6.07, 6.45) is 1.38. The van der Waals surface area contributed by atoms with E-state index < -0.39 is 4.92 Å². The zero-order valence-corrected chi connectivity index (χ0v) is 15.3. The summed E-state index contributed by atoms with van der Waals surface area (Å²) in [5.41, 5.74) is 1.58. The lowest BCUT2D eigenvalue weighted by Crippen LogP contribution is -2.23. The van der Waals surface area contributed by atoms with Crippen LogP contribution in [0.5, 0.6) is 0 Å². The van der Waals surface area contributed by atoms with E-state index in [2.05, 4.69) is 9.97 Å². The number of nitrogens with zero attached hydrogens (tertiary/aromatic N) is 5. The second-order valence-electron chi connectivity index (χ2n) is 5.79. The van der Waals surface area contributed by atoms with E-state index in [1.165, 1.54) is 6.33 Å². The molecule has 3 rings (SSSR count). The predicted octanol–water partition coefficient (Wildman–Crippen LogP) is 4.70. The van der Waals surface area contributed by atoms with Crippen LogP contribution < -0.4 is 9.80 Å². The van der Waals surface area contributed by atoms with E-state index in [0.717, 1.165) is 11.4 Å². The number of hydrogen-bond donors (Lipinski definition) is 0. The van der Waals surface area contributed by atoms with Gasteiger partial charge in [-0.2, -0.15) is 0 Å². The lowest BCUT2D eigenvalue weighted by Gasteiger charge is -2.25. The topological polar surface area (TPSA) is 75.4 Å². The Morgan fingerprint density at radius 1 is 0.815 bits per heavy atom. The Labute approximate surface area is 158 Å². The Morgan fingerprint density at radius 3 is 1.56 bits per heavy atom. The molecule has 0 unspecified atom stereocenters. The fraction of sp³-hybridized carbons (Fsp3) is 0.200. The molecule has 1 heterocycles. The van der Waals surface area contributed by atoms with Crippen LogP contribution in [0, 0.1) is 10.1 Å². The monoisotopic (exact) mass is 363 g/mol. The Morgan fingerprint density at radius 2 is 1.22 bits per heavy atom. The van der Waals surface area contributed by atoms with Crippen molar-refractivity contribution in [3.05, 3.63) is 77.1 Å². The highest BCUT2D eigenvalue weighted by Crippen LogP contribution is 2.39. The highest BCUT2D eigenvalue weighted by atomic mass is 16.6. The highest BCUT2D eigenvalue weighted by molar-refractivity contribution is 5.79. The first-order chi connectivity index (χ1) is 13.2. The fourth-order valence-corrected chi connectivity index (χ4v) is 3.04. The third kappa shape index (κ3) is 3.72. The van der Waals surface area contributed by atoms with Crippen molar-refractivity contribution in [3.8, 4) is 0 Å². The summed E-state index contributed by atoms with van der Waals surface area (Å²) in [5, 5.41) is 12.0. The lowest BCUT2D eigenvalue weighted by atomic mass is 10.2. The fourth-order valence-electron chi connectivity index (χ4n) is 3.04. The molecule has 0 saturated carbocycles. The number of rotatable bonds is 7. The maximum absolute atomic E-state index is 12.0. The van der Waals surface area contributed by atoms with Crippen molar-refractivity contribution in [2.24, 2.45) is 0 Å². The van der Waals surface area contributed by atoms with E-state index in [0.29, 0.717) is 13.1 Å². The summed E-state index contributed by atoms with van der Waals surface area (Å²) in [7, 11) is 0. The molecule has 2 aromatic carbocycles. The van der Waals surface area contributed by atoms with Crippen molar-refractivity contribution in [3.63, 3.8) is 0 Å². The largest absolute Gasteiger partial charge is 0.354 e. The normalized spacial score (nSPS) is 10.4. The summed E-state index contributed by atoms with van der Waals surface area (Å²) in [6, 6.07) is 19.0. The number of aromatic nitrogens is 2. The SMILES string of the molecule is CCN(c1ccccc1)c1ncnc(N(CC)c2ccccc2)c1[N+](=O)[O-]. The third-order valence-electron chi connectivity index (χ3n) is 4.25. The van der Waals surface area contributed by atoms with Crippen LogP contribution in [-0.4, -0.2) is 28.0 Å². The minimum atomic E-state index is -0.401. The average molecular weight is 363 g/mol. The number of benzene rings is 2. The van der Waals surface area contributed by atoms with Gasteiger partial charge in [0, 0.05) is 24.5 Å². The van der Waals surface area contributed by atoms with Gasteiger partial charge in [-0.3, -0.25) is 10.1 Å². The van der Waals surface area contributed by atoms with E-state index >= 15 is 0 Å². The molecule has 0 aliphatic rings. The van der Waals surface area contributed by atoms with E-state index in [1.807, 2.05) is 84.3 Å². The first kappa shape index (κ1) is 18.3. The van der Waals surface area contributed by atoms with Crippen molar-refractivity contribution >= 4 is 28.7 Å². The quantitative estimate of drug-likeness (QED) is 0.447. The van der Waals surface area contributed by atoms with Crippen molar-refractivity contribution in [1.82, 2.24) is 9.97 Å². The Balaban J connectivity index is 2.17. The van der Waals surface area contributed by atoms with E-state index in [1.54, 1.807) is 0 Å². The van der Waals surface area contributed by atoms with Gasteiger partial charge in [0.15, 0.2) is 0 Å². The highest BCUT2D eigenvalue weighted by Gasteiger charge is 2.30. The minimum Gasteiger partial charge on any atom is -0.321 e. The van der Waals surface area contributed by atoms with Gasteiger partial charge in [0.25, 0.3) is 0 Å². The Kier molecular flexibility index (Phi) is 5.61. The second kappa shape index (κ2) is 8.27. The molecule has 0 spiro atoms. The van der Waals surface area contributed by atoms with Crippen LogP contribution >= 0.6 is 0 Å². The molecule has 27 heavy (non-hydrogen) atoms. The van der Waals surface area contributed by atoms with Gasteiger partial charge in [0.1, 0.15) is 6.33 Å². The lowest BCUT2D eigenvalue weighted by molar-refractivity contribution is -0.383. The molecule has 7 nitrogen and oxygen atoms in total. The van der Waals surface area contributed by atoms with Crippen LogP contribution in [0.1, 0.15) is 13.8 Å². The van der Waals surface area contributed by atoms with Gasteiger partial charge in [-0.05, 0) is 38.1 Å². The zero-order chi connectivity index (χ0) is 19.2. The van der Waals surface area contributed by atoms with Crippen molar-refractivity contribution < 1.29 is 4.92 Å². The molecule has 0 radical (unpaired) electrons. The van der Waals surface area contributed by atoms with Crippen LogP contribution in [0.4, 0.5) is 28.7 Å². The standard InChI is InChI=1S/C20H21N5O2/c1-3-23(16-11-7-5-8-12-16)19-18(25(26)27)20(22-15-21-19)24(4-2)17-13-9-6-10-14-17/h5-15H,3-4H2,1-2H3. The second-order valence-corrected chi connectivity index (χ2v) is 5.79. The van der Waals surface area contributed by atoms with Crippen molar-refractivity contribution in [2.75, 3.05) is 22.9 Å². The van der Waals surface area contributed by atoms with Gasteiger partial charge >= 0.3 is 5.69 Å². The van der Waals surface area contributed by atoms with Crippen LogP contribution in [-0.2, 0) is 0 Å². The molecule has 0 atom stereocenters. The van der Waals surface area contributed by atoms with Gasteiger partial charge < -0.3 is 9.80 Å². The van der Waals surface area contributed by atoms with Gasteiger partial charge in [-0.1, -0.05) is 36.4 Å². The van der Waals surface area contributed by atoms with Crippen molar-refractivity contribution in [2.45, 2.75) is 13.8 Å². The molecule has 0 aliphatic heterocycles. The minimum absolute atomic E-state index is 0.103. The van der Waals surface area contributed by atoms with E-state index in [-0.39, 0.29) is 17.3 Å². The van der Waals surface area contributed by atoms with E-state index in [4.69, 9.17) is 0 Å². The molecule has 1 aromatic heterocycles. The molecule has 0 N–H and O–H groups in total. The molecule has 3 aromatic rings. The summed E-state index contributed by atoms with van der Waals surface area (Å²) < 4.78 is 0. The van der Waals surface area contributed by atoms with Gasteiger partial charge in [0.05, 0.1) is 4.92 Å². The van der Waals surface area contributed by atoms with Crippen LogP contribution in [0.3, 0.4) is 0 Å². The number of anilines is 4. The number of hydrogen-bond acceptors (Lipinski definition) is 6. The summed E-state index contributed by atoms with van der Waals surface area (Å²) in [4.78, 5) is 23.8. The summed E-state index contributed by atoms with van der Waals surface area (Å²) in [6.45, 7) is 4.96. The number of nitro groups is 1. The van der Waals surface area contributed by atoms with E-state index in [9.17, 15) is 10.1 Å². The molecule has 138 valence electrons. The maximum atomic E-state index is 12.0. The molecule has 0 fully saturated rings. The predicted molar refractivity (Wildman–Crippen MR) is 107 cm³/mol. The van der Waals surface area contributed by atoms with Crippen LogP contribution in [0.25, 0.3) is 0 Å². The first-order valence-electron chi connectivity index (χ1n) is 8.81. The smallest absolute Gasteiger partial charge is 0.321 e. The first-order valence-corrected chi connectivity index (χ1v) is 8.81. The van der Waals surface area contributed by atoms with Gasteiger partial charge in [-0.15, -0.1) is 0 Å². The Hall–Kier alpha value is -3.48. The molecule has 0 aliphatic carbocycles. The molecule has 0 saturated heterocycles. The summed E-state index contributed by atoms with van der Waals surface area (Å²) >= 11 is 0. The molecular formula is C20H21N5O2. The Bertz CT molecular complexity index is 837. The third-order valence-corrected chi connectivity index (χ3v) is 4.25. The van der Waals surface area contributed by atoms with Gasteiger partial charge in [0.2, 0.25) is 11.6 Å². The van der Waals surface area contributed by atoms with Crippen LogP contribution in [0.15, 0.2) is 67.0 Å².